The van der Waals surface area contributed by atoms with Crippen LogP contribution in [0.1, 0.15) is 17.5 Å². The number of thiophene rings is 1. The number of fused-ring (bicyclic) bond motifs is 1. The molecule has 1 aromatic carbocycles. The number of hydrogen-bond donors (Lipinski definition) is 2. The lowest BCUT2D eigenvalue weighted by Gasteiger charge is -2.24. The van der Waals surface area contributed by atoms with E-state index in [4.69, 9.17) is 9.47 Å². The second kappa shape index (κ2) is 7.48. The maximum absolute atomic E-state index is 12.1. The van der Waals surface area contributed by atoms with Gasteiger partial charge in [0.15, 0.2) is 6.17 Å². The van der Waals surface area contributed by atoms with Crippen molar-refractivity contribution in [3.05, 3.63) is 46.8 Å². The van der Waals surface area contributed by atoms with Gasteiger partial charge < -0.3 is 14.8 Å². The van der Waals surface area contributed by atoms with E-state index < -0.39 is 6.17 Å². The Morgan fingerprint density at radius 3 is 2.91 bits per heavy atom. The summed E-state index contributed by atoms with van der Waals surface area (Å²) in [7, 11) is 1.65. The van der Waals surface area contributed by atoms with Crippen molar-refractivity contribution in [2.45, 2.75) is 25.6 Å². The lowest BCUT2D eigenvalue weighted by Crippen LogP contribution is -2.46. The highest BCUT2D eigenvalue weighted by Crippen LogP contribution is 2.26. The van der Waals surface area contributed by atoms with Gasteiger partial charge in [0.2, 0.25) is 0 Å². The molecule has 1 aromatic heterocycles. The van der Waals surface area contributed by atoms with Gasteiger partial charge in [-0.3, -0.25) is 5.32 Å². The van der Waals surface area contributed by atoms with Crippen LogP contribution < -0.4 is 15.4 Å². The number of nitrogens with one attached hydrogen (secondary N) is 2. The summed E-state index contributed by atoms with van der Waals surface area (Å²) in [6.45, 7) is 1.11. The van der Waals surface area contributed by atoms with Crippen LogP contribution in [0.4, 0.5) is 5.00 Å². The number of carbonyl (C=O) groups is 1. The Balaban J connectivity index is 1.39. The number of ether oxygens (including phenoxy) is 2. The fourth-order valence-electron chi connectivity index (χ4n) is 2.46. The third-order valence-electron chi connectivity index (χ3n) is 3.77. The molecule has 2 aromatic rings. The van der Waals surface area contributed by atoms with E-state index in [-0.39, 0.29) is 5.97 Å². The molecule has 2 N–H and O–H groups in total. The molecule has 1 aliphatic heterocycles. The second-order valence-electron chi connectivity index (χ2n) is 5.35. The largest absolute Gasteiger partial charge is 0.497 e. The molecule has 0 fully saturated rings. The van der Waals surface area contributed by atoms with Gasteiger partial charge in [-0.15, -0.1) is 11.3 Å². The van der Waals surface area contributed by atoms with Crippen LogP contribution in [0.2, 0.25) is 0 Å². The number of rotatable bonds is 6. The molecule has 122 valence electrons. The number of esters is 1. The third kappa shape index (κ3) is 4.03. The summed E-state index contributed by atoms with van der Waals surface area (Å²) in [5.74, 6) is 0.598. The van der Waals surface area contributed by atoms with Crippen molar-refractivity contribution in [3.8, 4) is 5.75 Å². The Bertz CT molecular complexity index is 654. The molecule has 1 unspecified atom stereocenters. The minimum Gasteiger partial charge on any atom is -0.497 e. The van der Waals surface area contributed by atoms with E-state index >= 15 is 0 Å². The van der Waals surface area contributed by atoms with Gasteiger partial charge in [-0.1, -0.05) is 12.1 Å². The molecule has 23 heavy (non-hydrogen) atoms. The number of hydrogen-bond acceptors (Lipinski definition) is 6. The van der Waals surface area contributed by atoms with Gasteiger partial charge in [0.05, 0.1) is 18.7 Å². The van der Waals surface area contributed by atoms with Gasteiger partial charge >= 0.3 is 5.97 Å². The molecule has 2 heterocycles. The standard InChI is InChI=1S/C17H20N2O3S/c1-21-14-6-4-12(5-7-14)3-2-9-22-17(20)15-18-11-13-8-10-23-16(13)19-15/h4-8,10,15,18-19H,2-3,9,11H2,1H3. The van der Waals surface area contributed by atoms with Crippen LogP contribution in [0.3, 0.4) is 0 Å². The zero-order valence-electron chi connectivity index (χ0n) is 13.0. The summed E-state index contributed by atoms with van der Waals surface area (Å²) in [4.78, 5) is 12.1. The highest BCUT2D eigenvalue weighted by Gasteiger charge is 2.25. The minimum atomic E-state index is -0.456. The summed E-state index contributed by atoms with van der Waals surface area (Å²) < 4.78 is 10.5. The summed E-state index contributed by atoms with van der Waals surface area (Å²) in [6, 6.07) is 9.99. The normalized spacial score (nSPS) is 16.3. The highest BCUT2D eigenvalue weighted by atomic mass is 32.1. The topological polar surface area (TPSA) is 59.6 Å². The van der Waals surface area contributed by atoms with Crippen molar-refractivity contribution in [1.82, 2.24) is 5.32 Å². The smallest absolute Gasteiger partial charge is 0.343 e. The first kappa shape index (κ1) is 15.8. The molecule has 6 heteroatoms. The van der Waals surface area contributed by atoms with Crippen LogP contribution in [0.25, 0.3) is 0 Å². The van der Waals surface area contributed by atoms with Crippen LogP contribution in [-0.2, 0) is 22.5 Å². The average Bonchev–Trinajstić information content (AvgIpc) is 3.06. The van der Waals surface area contributed by atoms with Crippen molar-refractivity contribution >= 4 is 22.3 Å². The van der Waals surface area contributed by atoms with Crippen molar-refractivity contribution < 1.29 is 14.3 Å². The zero-order valence-corrected chi connectivity index (χ0v) is 13.8. The van der Waals surface area contributed by atoms with E-state index in [1.807, 2.05) is 29.6 Å². The molecule has 3 rings (SSSR count). The maximum Gasteiger partial charge on any atom is 0.343 e. The van der Waals surface area contributed by atoms with E-state index in [1.54, 1.807) is 18.4 Å². The molecule has 0 amide bonds. The quantitative estimate of drug-likeness (QED) is 0.629. The van der Waals surface area contributed by atoms with E-state index in [9.17, 15) is 4.79 Å². The van der Waals surface area contributed by atoms with Crippen LogP contribution >= 0.6 is 11.3 Å². The predicted molar refractivity (Wildman–Crippen MR) is 90.8 cm³/mol. The lowest BCUT2D eigenvalue weighted by atomic mass is 10.1. The molecule has 0 radical (unpaired) electrons. The van der Waals surface area contributed by atoms with E-state index in [2.05, 4.69) is 16.7 Å². The van der Waals surface area contributed by atoms with Crippen LogP contribution in [0.15, 0.2) is 35.7 Å². The number of carbonyl (C=O) groups excluding carboxylic acids is 1. The van der Waals surface area contributed by atoms with Gasteiger partial charge in [-0.2, -0.15) is 0 Å². The Kier molecular flexibility index (Phi) is 5.15. The zero-order chi connectivity index (χ0) is 16.1. The molecule has 0 spiro atoms. The Morgan fingerprint density at radius 2 is 2.13 bits per heavy atom. The first-order valence-electron chi connectivity index (χ1n) is 7.62. The van der Waals surface area contributed by atoms with Gasteiger partial charge in [-0.05, 0) is 42.0 Å². The number of methoxy groups -OCH3 is 1. The van der Waals surface area contributed by atoms with E-state index in [0.29, 0.717) is 13.2 Å². The molecule has 0 saturated carbocycles. The fraction of sp³-hybridized carbons (Fsp3) is 0.353. The molecule has 1 atom stereocenters. The molecular weight excluding hydrogens is 312 g/mol. The van der Waals surface area contributed by atoms with E-state index in [0.717, 1.165) is 23.6 Å². The molecule has 1 aliphatic rings. The first-order chi connectivity index (χ1) is 11.3. The molecule has 0 bridgehead atoms. The van der Waals surface area contributed by atoms with Gasteiger partial charge in [-0.25, -0.2) is 4.79 Å². The maximum atomic E-state index is 12.1. The lowest BCUT2D eigenvalue weighted by molar-refractivity contribution is -0.145. The van der Waals surface area contributed by atoms with Gasteiger partial charge in [0.25, 0.3) is 0 Å². The van der Waals surface area contributed by atoms with Gasteiger partial charge in [0, 0.05) is 12.1 Å². The molecular formula is C17H20N2O3S. The number of anilines is 1. The Labute approximate surface area is 139 Å². The predicted octanol–water partition coefficient (Wildman–Crippen LogP) is 2.77. The summed E-state index contributed by atoms with van der Waals surface area (Å²) in [5.41, 5.74) is 2.40. The SMILES string of the molecule is COc1ccc(CCCOC(=O)C2NCc3ccsc3N2)cc1. The van der Waals surface area contributed by atoms with Crippen molar-refractivity contribution in [1.29, 1.82) is 0 Å². The Morgan fingerprint density at radius 1 is 1.30 bits per heavy atom. The summed E-state index contributed by atoms with van der Waals surface area (Å²) >= 11 is 1.61. The summed E-state index contributed by atoms with van der Waals surface area (Å²) in [6.07, 6.45) is 1.22. The van der Waals surface area contributed by atoms with Crippen LogP contribution in [0.5, 0.6) is 5.75 Å². The summed E-state index contributed by atoms with van der Waals surface area (Å²) in [5, 5.41) is 9.37. The Hall–Kier alpha value is -2.05. The molecule has 0 saturated heterocycles. The van der Waals surface area contributed by atoms with Crippen LogP contribution in [-0.4, -0.2) is 25.9 Å². The average molecular weight is 332 g/mol. The van der Waals surface area contributed by atoms with Crippen molar-refractivity contribution in [2.24, 2.45) is 0 Å². The number of aryl methyl sites for hydroxylation is 1. The van der Waals surface area contributed by atoms with Gasteiger partial charge in [0.1, 0.15) is 5.75 Å². The molecule has 5 nitrogen and oxygen atoms in total. The van der Waals surface area contributed by atoms with Crippen LogP contribution in [0, 0.1) is 0 Å². The minimum absolute atomic E-state index is 0.251. The first-order valence-corrected chi connectivity index (χ1v) is 8.50. The van der Waals surface area contributed by atoms with Crippen molar-refractivity contribution in [2.75, 3.05) is 19.0 Å². The molecule has 0 aliphatic carbocycles. The second-order valence-corrected chi connectivity index (χ2v) is 6.27. The fourth-order valence-corrected chi connectivity index (χ4v) is 3.31. The highest BCUT2D eigenvalue weighted by molar-refractivity contribution is 7.14. The van der Waals surface area contributed by atoms with Crippen molar-refractivity contribution in [3.63, 3.8) is 0 Å². The third-order valence-corrected chi connectivity index (χ3v) is 4.66. The monoisotopic (exact) mass is 332 g/mol. The van der Waals surface area contributed by atoms with E-state index in [1.165, 1.54) is 11.1 Å². The number of benzene rings is 1.